The SMILES string of the molecule is C1CC(c2nc(C3(CC4CC4)CCN(C4CCOCC4)CC3)no2)CCO1. The van der Waals surface area contributed by atoms with Gasteiger partial charge in [-0.15, -0.1) is 0 Å². The van der Waals surface area contributed by atoms with Gasteiger partial charge in [-0.1, -0.05) is 18.0 Å². The second-order valence-corrected chi connectivity index (χ2v) is 9.15. The lowest BCUT2D eigenvalue weighted by atomic mass is 9.73. The maximum absolute atomic E-state index is 5.78. The van der Waals surface area contributed by atoms with Crippen molar-refractivity contribution in [1.29, 1.82) is 0 Å². The van der Waals surface area contributed by atoms with E-state index in [1.165, 1.54) is 58.0 Å². The van der Waals surface area contributed by atoms with E-state index >= 15 is 0 Å². The Morgan fingerprint density at radius 1 is 0.889 bits per heavy atom. The number of hydrogen-bond acceptors (Lipinski definition) is 6. The summed E-state index contributed by atoms with van der Waals surface area (Å²) in [5, 5.41) is 4.54. The van der Waals surface area contributed by atoms with Gasteiger partial charge in [-0.25, -0.2) is 0 Å². The highest BCUT2D eigenvalue weighted by Gasteiger charge is 2.45. The summed E-state index contributed by atoms with van der Waals surface area (Å²) < 4.78 is 16.8. The van der Waals surface area contributed by atoms with Gasteiger partial charge in [0.25, 0.3) is 0 Å². The molecule has 0 amide bonds. The number of hydrogen-bond donors (Lipinski definition) is 0. The quantitative estimate of drug-likeness (QED) is 0.787. The van der Waals surface area contributed by atoms with Gasteiger partial charge in [0.2, 0.25) is 5.89 Å². The Balaban J connectivity index is 1.30. The van der Waals surface area contributed by atoms with Gasteiger partial charge in [0.05, 0.1) is 0 Å². The zero-order valence-electron chi connectivity index (χ0n) is 16.4. The molecular weight excluding hydrogens is 342 g/mol. The van der Waals surface area contributed by atoms with Crippen LogP contribution in [0.5, 0.6) is 0 Å². The summed E-state index contributed by atoms with van der Waals surface area (Å²) in [4.78, 5) is 7.68. The minimum absolute atomic E-state index is 0.135. The fourth-order valence-electron chi connectivity index (χ4n) is 5.32. The summed E-state index contributed by atoms with van der Waals surface area (Å²) in [7, 11) is 0. The molecule has 4 fully saturated rings. The van der Waals surface area contributed by atoms with Crippen molar-refractivity contribution in [2.45, 2.75) is 75.2 Å². The van der Waals surface area contributed by atoms with Crippen molar-refractivity contribution >= 4 is 0 Å². The first-order chi connectivity index (χ1) is 13.3. The van der Waals surface area contributed by atoms with Crippen LogP contribution in [0.25, 0.3) is 0 Å². The lowest BCUT2D eigenvalue weighted by Gasteiger charge is -2.44. The van der Waals surface area contributed by atoms with Crippen LogP contribution in [0.15, 0.2) is 4.52 Å². The van der Waals surface area contributed by atoms with E-state index in [0.29, 0.717) is 12.0 Å². The normalized spacial score (nSPS) is 28.4. The molecule has 4 heterocycles. The van der Waals surface area contributed by atoms with Gasteiger partial charge in [0, 0.05) is 43.8 Å². The average molecular weight is 376 g/mol. The van der Waals surface area contributed by atoms with Crippen molar-refractivity contribution in [3.05, 3.63) is 11.7 Å². The van der Waals surface area contributed by atoms with Crippen LogP contribution >= 0.6 is 0 Å². The van der Waals surface area contributed by atoms with Gasteiger partial charge in [0.15, 0.2) is 5.82 Å². The fourth-order valence-corrected chi connectivity index (χ4v) is 5.32. The van der Waals surface area contributed by atoms with E-state index in [1.54, 1.807) is 0 Å². The molecule has 1 saturated carbocycles. The van der Waals surface area contributed by atoms with Gasteiger partial charge in [-0.3, -0.25) is 0 Å². The lowest BCUT2D eigenvalue weighted by Crippen LogP contribution is -2.49. The molecule has 6 heteroatoms. The van der Waals surface area contributed by atoms with Gasteiger partial charge in [0.1, 0.15) is 0 Å². The van der Waals surface area contributed by atoms with Crippen molar-refractivity contribution in [3.63, 3.8) is 0 Å². The number of likely N-dealkylation sites (tertiary alicyclic amines) is 1. The van der Waals surface area contributed by atoms with E-state index in [1.807, 2.05) is 0 Å². The Kier molecular flexibility index (Phi) is 5.22. The second-order valence-electron chi connectivity index (χ2n) is 9.15. The van der Waals surface area contributed by atoms with Crippen LogP contribution in [-0.2, 0) is 14.9 Å². The van der Waals surface area contributed by atoms with Crippen LogP contribution in [0, 0.1) is 5.92 Å². The molecule has 6 nitrogen and oxygen atoms in total. The lowest BCUT2D eigenvalue weighted by molar-refractivity contribution is 0.0144. The van der Waals surface area contributed by atoms with Crippen LogP contribution in [0.1, 0.15) is 75.4 Å². The van der Waals surface area contributed by atoms with Crippen LogP contribution < -0.4 is 0 Å². The first kappa shape index (κ1) is 18.1. The number of piperidine rings is 1. The van der Waals surface area contributed by atoms with E-state index < -0.39 is 0 Å². The molecule has 1 aromatic rings. The summed E-state index contributed by atoms with van der Waals surface area (Å²) in [6.45, 7) is 5.81. The van der Waals surface area contributed by atoms with Crippen molar-refractivity contribution < 1.29 is 14.0 Å². The molecule has 0 radical (unpaired) electrons. The maximum Gasteiger partial charge on any atom is 0.229 e. The van der Waals surface area contributed by atoms with Crippen LogP contribution in [-0.4, -0.2) is 60.6 Å². The number of rotatable bonds is 5. The minimum Gasteiger partial charge on any atom is -0.381 e. The van der Waals surface area contributed by atoms with Gasteiger partial charge >= 0.3 is 0 Å². The molecule has 150 valence electrons. The molecule has 0 unspecified atom stereocenters. The topological polar surface area (TPSA) is 60.6 Å². The van der Waals surface area contributed by atoms with E-state index in [4.69, 9.17) is 19.0 Å². The predicted octanol–water partition coefficient (Wildman–Crippen LogP) is 3.28. The standard InChI is InChI=1S/C21H33N3O3/c1-2-16(1)15-21(7-9-24(10-8-21)18-5-13-26-14-6-18)20-22-19(27-23-20)17-3-11-25-12-4-17/h16-18H,1-15H2. The summed E-state index contributed by atoms with van der Waals surface area (Å²) in [5.74, 6) is 3.13. The molecular formula is C21H33N3O3. The van der Waals surface area contributed by atoms with Gasteiger partial charge in [-0.2, -0.15) is 4.98 Å². The van der Waals surface area contributed by atoms with Crippen molar-refractivity contribution in [2.24, 2.45) is 5.92 Å². The third-order valence-corrected chi connectivity index (χ3v) is 7.33. The zero-order valence-corrected chi connectivity index (χ0v) is 16.4. The number of ether oxygens (including phenoxy) is 2. The summed E-state index contributed by atoms with van der Waals surface area (Å²) in [6.07, 6.45) is 10.8. The Morgan fingerprint density at radius 2 is 1.56 bits per heavy atom. The van der Waals surface area contributed by atoms with Gasteiger partial charge < -0.3 is 18.9 Å². The third kappa shape index (κ3) is 3.94. The Bertz CT molecular complexity index is 610. The summed E-state index contributed by atoms with van der Waals surface area (Å²) in [5.41, 5.74) is 0.135. The molecule has 0 N–H and O–H groups in total. The van der Waals surface area contributed by atoms with Gasteiger partial charge in [-0.05, 0) is 64.0 Å². The first-order valence-corrected chi connectivity index (χ1v) is 11.1. The molecule has 0 bridgehead atoms. The van der Waals surface area contributed by atoms with Crippen LogP contribution in [0.2, 0.25) is 0 Å². The number of nitrogens with zero attached hydrogens (tertiary/aromatic N) is 3. The molecule has 5 rings (SSSR count). The predicted molar refractivity (Wildman–Crippen MR) is 101 cm³/mol. The zero-order chi connectivity index (χ0) is 18.1. The smallest absolute Gasteiger partial charge is 0.229 e. The molecule has 0 aromatic carbocycles. The molecule has 27 heavy (non-hydrogen) atoms. The van der Waals surface area contributed by atoms with Crippen molar-refractivity contribution in [3.8, 4) is 0 Å². The van der Waals surface area contributed by atoms with Crippen LogP contribution in [0.4, 0.5) is 0 Å². The Labute approximate surface area is 162 Å². The first-order valence-electron chi connectivity index (χ1n) is 11.1. The highest BCUT2D eigenvalue weighted by atomic mass is 16.5. The van der Waals surface area contributed by atoms with Crippen molar-refractivity contribution in [2.75, 3.05) is 39.5 Å². The largest absolute Gasteiger partial charge is 0.381 e. The maximum atomic E-state index is 5.78. The highest BCUT2D eigenvalue weighted by molar-refractivity contribution is 5.13. The third-order valence-electron chi connectivity index (χ3n) is 7.33. The molecule has 1 aliphatic carbocycles. The average Bonchev–Trinajstić information content (AvgIpc) is 3.40. The molecule has 0 atom stereocenters. The monoisotopic (exact) mass is 375 g/mol. The van der Waals surface area contributed by atoms with E-state index in [2.05, 4.69) is 10.1 Å². The van der Waals surface area contributed by atoms with Crippen molar-refractivity contribution in [1.82, 2.24) is 15.0 Å². The van der Waals surface area contributed by atoms with E-state index in [0.717, 1.165) is 56.9 Å². The molecule has 1 aromatic heterocycles. The summed E-state index contributed by atoms with van der Waals surface area (Å²) in [6, 6.07) is 0.709. The van der Waals surface area contributed by atoms with Crippen LogP contribution in [0.3, 0.4) is 0 Å². The van der Waals surface area contributed by atoms with E-state index in [-0.39, 0.29) is 5.41 Å². The Morgan fingerprint density at radius 3 is 2.22 bits per heavy atom. The summed E-state index contributed by atoms with van der Waals surface area (Å²) >= 11 is 0. The second kappa shape index (κ2) is 7.80. The highest BCUT2D eigenvalue weighted by Crippen LogP contribution is 2.47. The molecule has 0 spiro atoms. The molecule has 3 saturated heterocycles. The van der Waals surface area contributed by atoms with E-state index in [9.17, 15) is 0 Å². The minimum atomic E-state index is 0.135. The molecule has 3 aliphatic heterocycles. The Hall–Kier alpha value is -0.980. The molecule has 4 aliphatic rings. The number of aromatic nitrogens is 2. The fraction of sp³-hybridized carbons (Fsp3) is 0.905.